The predicted octanol–water partition coefficient (Wildman–Crippen LogP) is 5.10. The molecular weight excluding hydrogens is 260 g/mol. The highest BCUT2D eigenvalue weighted by Crippen LogP contribution is 2.38. The van der Waals surface area contributed by atoms with Gasteiger partial charge in [0.1, 0.15) is 0 Å². The smallest absolute Gasteiger partial charge is 0.300 e. The molecule has 1 N–H and O–H groups in total. The largest absolute Gasteiger partial charge is 0.481 e. The first-order valence-electron chi connectivity index (χ1n) is 7.52. The van der Waals surface area contributed by atoms with Crippen LogP contribution in [0, 0.1) is 0 Å². The van der Waals surface area contributed by atoms with Crippen LogP contribution in [0.3, 0.4) is 0 Å². The van der Waals surface area contributed by atoms with Gasteiger partial charge < -0.3 is 5.11 Å². The molecule has 1 aliphatic carbocycles. The van der Waals surface area contributed by atoms with Crippen LogP contribution < -0.4 is 0 Å². The van der Waals surface area contributed by atoms with Gasteiger partial charge in [-0.2, -0.15) is 0 Å². The number of hydrogen-bond acceptors (Lipinski definition) is 1. The lowest BCUT2D eigenvalue weighted by molar-refractivity contribution is -0.134. The van der Waals surface area contributed by atoms with Crippen LogP contribution in [0.15, 0.2) is 54.6 Å². The highest BCUT2D eigenvalue weighted by atomic mass is 16.4. The van der Waals surface area contributed by atoms with Crippen LogP contribution in [0.2, 0.25) is 0 Å². The van der Waals surface area contributed by atoms with Gasteiger partial charge in [0.05, 0.1) is 0 Å². The van der Waals surface area contributed by atoms with E-state index in [1.807, 2.05) is 0 Å². The third-order valence-electron chi connectivity index (χ3n) is 3.84. The fraction of sp³-hybridized carbons (Fsp3) is 0.316. The van der Waals surface area contributed by atoms with Gasteiger partial charge in [0.2, 0.25) is 0 Å². The molecule has 1 fully saturated rings. The fourth-order valence-corrected chi connectivity index (χ4v) is 2.97. The van der Waals surface area contributed by atoms with Crippen LogP contribution in [0.5, 0.6) is 0 Å². The van der Waals surface area contributed by atoms with Crippen LogP contribution in [-0.2, 0) is 4.79 Å². The molecule has 2 nitrogen and oxygen atoms in total. The van der Waals surface area contributed by atoms with Crippen molar-refractivity contribution in [2.45, 2.75) is 38.5 Å². The van der Waals surface area contributed by atoms with Crippen molar-refractivity contribution in [3.05, 3.63) is 60.2 Å². The van der Waals surface area contributed by atoms with Crippen molar-refractivity contribution < 1.29 is 9.90 Å². The summed E-state index contributed by atoms with van der Waals surface area (Å²) in [6.45, 7) is 1.08. The van der Waals surface area contributed by atoms with Crippen molar-refractivity contribution in [1.29, 1.82) is 0 Å². The van der Waals surface area contributed by atoms with Crippen LogP contribution in [-0.4, -0.2) is 11.1 Å². The van der Waals surface area contributed by atoms with E-state index < -0.39 is 5.97 Å². The monoisotopic (exact) mass is 282 g/mol. The molecule has 2 heteroatoms. The molecular formula is C19H22O2. The van der Waals surface area contributed by atoms with E-state index in [0.29, 0.717) is 0 Å². The van der Waals surface area contributed by atoms with Crippen LogP contribution in [0.1, 0.15) is 44.1 Å². The predicted molar refractivity (Wildman–Crippen MR) is 86.4 cm³/mol. The van der Waals surface area contributed by atoms with E-state index in [1.54, 1.807) is 5.56 Å². The van der Waals surface area contributed by atoms with Gasteiger partial charge >= 0.3 is 0 Å². The van der Waals surface area contributed by atoms with E-state index in [0.717, 1.165) is 12.8 Å². The van der Waals surface area contributed by atoms with Gasteiger partial charge in [-0.05, 0) is 35.4 Å². The van der Waals surface area contributed by atoms with Crippen LogP contribution in [0.25, 0.3) is 11.1 Å². The van der Waals surface area contributed by atoms with E-state index in [4.69, 9.17) is 9.90 Å². The molecule has 2 aromatic carbocycles. The summed E-state index contributed by atoms with van der Waals surface area (Å²) >= 11 is 0. The minimum Gasteiger partial charge on any atom is -0.481 e. The minimum absolute atomic E-state index is 0.784. The number of benzene rings is 2. The highest BCUT2D eigenvalue weighted by Gasteiger charge is 2.19. The Morgan fingerprint density at radius 3 is 2.10 bits per heavy atom. The molecule has 0 radical (unpaired) electrons. The minimum atomic E-state index is -0.833. The van der Waals surface area contributed by atoms with Gasteiger partial charge in [-0.3, -0.25) is 4.79 Å². The van der Waals surface area contributed by atoms with Crippen molar-refractivity contribution in [3.63, 3.8) is 0 Å². The summed E-state index contributed by atoms with van der Waals surface area (Å²) in [5.41, 5.74) is 4.34. The van der Waals surface area contributed by atoms with Gasteiger partial charge in [-0.15, -0.1) is 0 Å². The van der Waals surface area contributed by atoms with E-state index in [9.17, 15) is 0 Å². The second-order valence-electron chi connectivity index (χ2n) is 5.45. The van der Waals surface area contributed by atoms with Crippen LogP contribution >= 0.6 is 0 Å². The quantitative estimate of drug-likeness (QED) is 0.831. The molecule has 0 aromatic heterocycles. The topological polar surface area (TPSA) is 37.3 Å². The van der Waals surface area contributed by atoms with Gasteiger partial charge in [0.25, 0.3) is 5.97 Å². The maximum Gasteiger partial charge on any atom is 0.300 e. The summed E-state index contributed by atoms with van der Waals surface area (Å²) in [7, 11) is 0. The van der Waals surface area contributed by atoms with E-state index >= 15 is 0 Å². The molecule has 0 amide bonds. The molecule has 0 atom stereocenters. The lowest BCUT2D eigenvalue weighted by Gasteiger charge is -2.15. The summed E-state index contributed by atoms with van der Waals surface area (Å²) in [6.07, 6.45) is 5.52. The Bertz CT molecular complexity index is 565. The van der Waals surface area contributed by atoms with Crippen molar-refractivity contribution in [1.82, 2.24) is 0 Å². The van der Waals surface area contributed by atoms with Crippen LogP contribution in [0.4, 0.5) is 0 Å². The third kappa shape index (κ3) is 4.45. The molecule has 0 heterocycles. The Labute approximate surface area is 126 Å². The Hall–Kier alpha value is -2.09. The molecule has 110 valence electrons. The average molecular weight is 282 g/mol. The molecule has 0 saturated heterocycles. The summed E-state index contributed by atoms with van der Waals surface area (Å²) in [6, 6.07) is 19.7. The van der Waals surface area contributed by atoms with E-state index in [-0.39, 0.29) is 0 Å². The molecule has 0 spiro atoms. The van der Waals surface area contributed by atoms with E-state index in [2.05, 4.69) is 54.6 Å². The summed E-state index contributed by atoms with van der Waals surface area (Å²) in [4.78, 5) is 9.00. The summed E-state index contributed by atoms with van der Waals surface area (Å²) in [5.74, 6) is -0.0496. The number of carboxylic acid groups (broad SMARTS) is 1. The first kappa shape index (κ1) is 15.3. The molecule has 0 bridgehead atoms. The average Bonchev–Trinajstić information content (AvgIpc) is 3.02. The van der Waals surface area contributed by atoms with Gasteiger partial charge in [-0.25, -0.2) is 0 Å². The third-order valence-corrected chi connectivity index (χ3v) is 3.84. The number of aliphatic carboxylic acids is 1. The molecule has 3 rings (SSSR count). The second-order valence-corrected chi connectivity index (χ2v) is 5.45. The Morgan fingerprint density at radius 1 is 0.952 bits per heavy atom. The Morgan fingerprint density at radius 2 is 1.48 bits per heavy atom. The normalized spacial score (nSPS) is 14.3. The zero-order chi connectivity index (χ0) is 15.1. The first-order chi connectivity index (χ1) is 10.2. The Kier molecular flexibility index (Phi) is 5.56. The lowest BCUT2D eigenvalue weighted by Crippen LogP contribution is -1.95. The maximum atomic E-state index is 9.00. The van der Waals surface area contributed by atoms with Crippen molar-refractivity contribution in [2.75, 3.05) is 0 Å². The Balaban J connectivity index is 0.000000361. The number of carbonyl (C=O) groups is 1. The van der Waals surface area contributed by atoms with Gasteiger partial charge in [0, 0.05) is 6.92 Å². The fourth-order valence-electron chi connectivity index (χ4n) is 2.97. The molecule has 2 aromatic rings. The maximum absolute atomic E-state index is 9.00. The lowest BCUT2D eigenvalue weighted by atomic mass is 9.89. The molecule has 0 unspecified atom stereocenters. The van der Waals surface area contributed by atoms with Crippen molar-refractivity contribution in [3.8, 4) is 11.1 Å². The highest BCUT2D eigenvalue weighted by molar-refractivity contribution is 5.68. The SMILES string of the molecule is CC(=O)O.c1ccc(-c2ccccc2C2CCCC2)cc1. The summed E-state index contributed by atoms with van der Waals surface area (Å²) in [5, 5.41) is 7.42. The second kappa shape index (κ2) is 7.63. The molecule has 1 saturated carbocycles. The van der Waals surface area contributed by atoms with Gasteiger partial charge in [0.15, 0.2) is 0 Å². The zero-order valence-corrected chi connectivity index (χ0v) is 12.5. The van der Waals surface area contributed by atoms with Gasteiger partial charge in [-0.1, -0.05) is 67.4 Å². The zero-order valence-electron chi connectivity index (χ0n) is 12.5. The molecule has 1 aliphatic rings. The number of hydrogen-bond donors (Lipinski definition) is 1. The number of rotatable bonds is 2. The van der Waals surface area contributed by atoms with Crippen molar-refractivity contribution in [2.24, 2.45) is 0 Å². The van der Waals surface area contributed by atoms with E-state index in [1.165, 1.54) is 36.8 Å². The standard InChI is InChI=1S/C17H18.C2H4O2/c1-2-8-14(9-3-1)16-12-6-7-13-17(16)15-10-4-5-11-15;1-2(3)4/h1-3,6-9,12-13,15H,4-5,10-11H2;1H3,(H,3,4). The molecule has 0 aliphatic heterocycles. The number of carboxylic acids is 1. The summed E-state index contributed by atoms with van der Waals surface area (Å²) < 4.78 is 0. The first-order valence-corrected chi connectivity index (χ1v) is 7.52. The van der Waals surface area contributed by atoms with Crippen molar-refractivity contribution >= 4 is 5.97 Å². The molecule has 21 heavy (non-hydrogen) atoms.